The van der Waals surface area contributed by atoms with E-state index in [0.717, 1.165) is 43.9 Å². The number of ether oxygens (including phenoxy) is 1. The van der Waals surface area contributed by atoms with Gasteiger partial charge in [0.15, 0.2) is 0 Å². The van der Waals surface area contributed by atoms with E-state index in [1.807, 2.05) is 12.1 Å². The smallest absolute Gasteiger partial charge is 0.122 e. The van der Waals surface area contributed by atoms with Crippen LogP contribution in [-0.2, 0) is 0 Å². The molecule has 1 fully saturated rings. The van der Waals surface area contributed by atoms with E-state index in [9.17, 15) is 5.11 Å². The van der Waals surface area contributed by atoms with Gasteiger partial charge in [-0.15, -0.1) is 0 Å². The number of nitrogens with one attached hydrogen (secondary N) is 1. The van der Waals surface area contributed by atoms with Crippen LogP contribution in [0.2, 0.25) is 0 Å². The summed E-state index contributed by atoms with van der Waals surface area (Å²) in [5, 5.41) is 13.5. The van der Waals surface area contributed by atoms with Gasteiger partial charge in [-0.1, -0.05) is 12.1 Å². The van der Waals surface area contributed by atoms with E-state index in [0.29, 0.717) is 13.2 Å². The fourth-order valence-corrected chi connectivity index (χ4v) is 2.50. The molecule has 1 saturated heterocycles. The summed E-state index contributed by atoms with van der Waals surface area (Å²) in [6.07, 6.45) is 0.706. The average molecular weight is 278 g/mol. The lowest BCUT2D eigenvalue weighted by atomic mass is 10.1. The Kier molecular flexibility index (Phi) is 5.83. The standard InChI is InChI=1S/C16H26N2O2/c1-13-5-3-6-16(14(13)2)20-12-15(19)11-18-9-4-7-17-8-10-18/h3,5-6,15,17,19H,4,7-12H2,1-2H3. The van der Waals surface area contributed by atoms with E-state index in [1.54, 1.807) is 0 Å². The first kappa shape index (κ1) is 15.3. The van der Waals surface area contributed by atoms with Gasteiger partial charge in [-0.2, -0.15) is 0 Å². The zero-order valence-electron chi connectivity index (χ0n) is 12.6. The Balaban J connectivity index is 1.79. The van der Waals surface area contributed by atoms with Gasteiger partial charge in [0, 0.05) is 19.6 Å². The molecule has 1 atom stereocenters. The number of hydrogen-bond donors (Lipinski definition) is 2. The number of hydrogen-bond acceptors (Lipinski definition) is 4. The van der Waals surface area contributed by atoms with E-state index in [2.05, 4.69) is 30.1 Å². The second kappa shape index (κ2) is 7.62. The monoisotopic (exact) mass is 278 g/mol. The lowest BCUT2D eigenvalue weighted by Gasteiger charge is -2.23. The van der Waals surface area contributed by atoms with Crippen molar-refractivity contribution in [3.8, 4) is 5.75 Å². The molecule has 0 bridgehead atoms. The molecule has 0 aromatic heterocycles. The molecule has 0 saturated carbocycles. The molecule has 1 unspecified atom stereocenters. The van der Waals surface area contributed by atoms with Crippen LogP contribution in [0.3, 0.4) is 0 Å². The van der Waals surface area contributed by atoms with Crippen LogP contribution >= 0.6 is 0 Å². The van der Waals surface area contributed by atoms with Gasteiger partial charge >= 0.3 is 0 Å². The maximum absolute atomic E-state index is 10.1. The first-order valence-corrected chi connectivity index (χ1v) is 7.47. The third-order valence-electron chi connectivity index (χ3n) is 3.89. The third-order valence-corrected chi connectivity index (χ3v) is 3.89. The second-order valence-corrected chi connectivity index (χ2v) is 5.57. The highest BCUT2D eigenvalue weighted by atomic mass is 16.5. The minimum Gasteiger partial charge on any atom is -0.491 e. The molecular formula is C16H26N2O2. The zero-order valence-corrected chi connectivity index (χ0v) is 12.6. The van der Waals surface area contributed by atoms with Gasteiger partial charge in [0.1, 0.15) is 18.5 Å². The molecule has 112 valence electrons. The minimum absolute atomic E-state index is 0.355. The summed E-state index contributed by atoms with van der Waals surface area (Å²) < 4.78 is 5.76. The predicted octanol–water partition coefficient (Wildman–Crippen LogP) is 1.34. The molecule has 0 amide bonds. The molecule has 2 rings (SSSR count). The number of aliphatic hydroxyl groups excluding tert-OH is 1. The number of aryl methyl sites for hydroxylation is 1. The molecular weight excluding hydrogens is 252 g/mol. The molecule has 1 aromatic carbocycles. The highest BCUT2D eigenvalue weighted by Crippen LogP contribution is 2.20. The maximum Gasteiger partial charge on any atom is 0.122 e. The summed E-state index contributed by atoms with van der Waals surface area (Å²) >= 11 is 0. The van der Waals surface area contributed by atoms with Crippen LogP contribution in [0, 0.1) is 13.8 Å². The van der Waals surface area contributed by atoms with Gasteiger partial charge in [-0.3, -0.25) is 4.90 Å². The lowest BCUT2D eigenvalue weighted by Crippen LogP contribution is -2.37. The van der Waals surface area contributed by atoms with Crippen LogP contribution in [0.5, 0.6) is 5.75 Å². The second-order valence-electron chi connectivity index (χ2n) is 5.57. The molecule has 4 heteroatoms. The van der Waals surface area contributed by atoms with Crippen LogP contribution in [0.1, 0.15) is 17.5 Å². The molecule has 1 heterocycles. The minimum atomic E-state index is -0.437. The maximum atomic E-state index is 10.1. The number of nitrogens with zero attached hydrogens (tertiary/aromatic N) is 1. The fourth-order valence-electron chi connectivity index (χ4n) is 2.50. The summed E-state index contributed by atoms with van der Waals surface area (Å²) in [5.74, 6) is 0.876. The van der Waals surface area contributed by atoms with Crippen molar-refractivity contribution in [2.45, 2.75) is 26.4 Å². The van der Waals surface area contributed by atoms with Gasteiger partial charge < -0.3 is 15.2 Å². The Hall–Kier alpha value is -1.10. The van der Waals surface area contributed by atoms with Gasteiger partial charge in [0.05, 0.1) is 0 Å². The molecule has 0 radical (unpaired) electrons. The average Bonchev–Trinajstić information content (AvgIpc) is 2.69. The van der Waals surface area contributed by atoms with Crippen molar-refractivity contribution in [2.24, 2.45) is 0 Å². The Labute approximate surface area is 121 Å². The Bertz CT molecular complexity index is 415. The van der Waals surface area contributed by atoms with Gasteiger partial charge in [0.25, 0.3) is 0 Å². The summed E-state index contributed by atoms with van der Waals surface area (Å²) in [7, 11) is 0. The van der Waals surface area contributed by atoms with Crippen LogP contribution in [0.15, 0.2) is 18.2 Å². The van der Waals surface area contributed by atoms with Gasteiger partial charge in [0.2, 0.25) is 0 Å². The molecule has 1 aromatic rings. The number of aliphatic hydroxyl groups is 1. The molecule has 20 heavy (non-hydrogen) atoms. The fraction of sp³-hybridized carbons (Fsp3) is 0.625. The van der Waals surface area contributed by atoms with Crippen molar-refractivity contribution >= 4 is 0 Å². The lowest BCUT2D eigenvalue weighted by molar-refractivity contribution is 0.0701. The largest absolute Gasteiger partial charge is 0.491 e. The summed E-state index contributed by atoms with van der Waals surface area (Å²) in [5.41, 5.74) is 2.37. The van der Waals surface area contributed by atoms with Crippen molar-refractivity contribution in [3.05, 3.63) is 29.3 Å². The highest BCUT2D eigenvalue weighted by Gasteiger charge is 2.14. The number of benzene rings is 1. The predicted molar refractivity (Wildman–Crippen MR) is 81.3 cm³/mol. The Morgan fingerprint density at radius 1 is 1.30 bits per heavy atom. The third kappa shape index (κ3) is 4.47. The van der Waals surface area contributed by atoms with Crippen molar-refractivity contribution in [2.75, 3.05) is 39.3 Å². The zero-order chi connectivity index (χ0) is 14.4. The van der Waals surface area contributed by atoms with Crippen LogP contribution in [0.4, 0.5) is 0 Å². The first-order valence-electron chi connectivity index (χ1n) is 7.47. The summed E-state index contributed by atoms with van der Waals surface area (Å²) in [6.45, 7) is 9.30. The Morgan fingerprint density at radius 2 is 2.15 bits per heavy atom. The molecule has 1 aliphatic rings. The van der Waals surface area contributed by atoms with Gasteiger partial charge in [-0.05, 0) is 50.6 Å². The molecule has 0 aliphatic carbocycles. The van der Waals surface area contributed by atoms with E-state index in [-0.39, 0.29) is 0 Å². The molecule has 4 nitrogen and oxygen atoms in total. The number of β-amino-alcohol motifs (C(OH)–C–C–N with tert-alkyl or cyclic N) is 1. The highest BCUT2D eigenvalue weighted by molar-refractivity contribution is 5.38. The quantitative estimate of drug-likeness (QED) is 0.853. The van der Waals surface area contributed by atoms with Crippen molar-refractivity contribution in [1.29, 1.82) is 0 Å². The van der Waals surface area contributed by atoms with Crippen LogP contribution in [-0.4, -0.2) is 55.4 Å². The summed E-state index contributed by atoms with van der Waals surface area (Å²) in [6, 6.07) is 6.03. The normalized spacial score (nSPS) is 18.6. The summed E-state index contributed by atoms with van der Waals surface area (Å²) in [4.78, 5) is 2.30. The van der Waals surface area contributed by atoms with Crippen LogP contribution < -0.4 is 10.1 Å². The first-order chi connectivity index (χ1) is 9.66. The van der Waals surface area contributed by atoms with E-state index < -0.39 is 6.10 Å². The van der Waals surface area contributed by atoms with Crippen molar-refractivity contribution in [1.82, 2.24) is 10.2 Å². The van der Waals surface area contributed by atoms with Gasteiger partial charge in [-0.25, -0.2) is 0 Å². The molecule has 0 spiro atoms. The van der Waals surface area contributed by atoms with E-state index in [1.165, 1.54) is 5.56 Å². The molecule has 2 N–H and O–H groups in total. The van der Waals surface area contributed by atoms with Crippen molar-refractivity contribution < 1.29 is 9.84 Å². The van der Waals surface area contributed by atoms with Crippen molar-refractivity contribution in [3.63, 3.8) is 0 Å². The van der Waals surface area contributed by atoms with Crippen LogP contribution in [0.25, 0.3) is 0 Å². The van der Waals surface area contributed by atoms with E-state index in [4.69, 9.17) is 4.74 Å². The SMILES string of the molecule is Cc1cccc(OCC(O)CN2CCCNCC2)c1C. The Morgan fingerprint density at radius 3 is 3.00 bits per heavy atom. The van der Waals surface area contributed by atoms with E-state index >= 15 is 0 Å². The topological polar surface area (TPSA) is 44.7 Å². The number of rotatable bonds is 5. The molecule has 1 aliphatic heterocycles.